The Morgan fingerprint density at radius 3 is 2.95 bits per heavy atom. The molecule has 0 aliphatic rings. The summed E-state index contributed by atoms with van der Waals surface area (Å²) < 4.78 is 9.43. The van der Waals surface area contributed by atoms with Gasteiger partial charge < -0.3 is 10.1 Å². The summed E-state index contributed by atoms with van der Waals surface area (Å²) in [6.45, 7) is 4.19. The zero-order valence-corrected chi connectivity index (χ0v) is 12.7. The topological polar surface area (TPSA) is 51.2 Å². The fourth-order valence-corrected chi connectivity index (χ4v) is 2.92. The van der Waals surface area contributed by atoms with Crippen molar-refractivity contribution in [1.82, 2.24) is 4.37 Å². The van der Waals surface area contributed by atoms with Gasteiger partial charge in [0.1, 0.15) is 10.8 Å². The molecule has 5 heteroatoms. The first-order valence-electron chi connectivity index (χ1n) is 6.46. The average Bonchev–Trinajstić information content (AvgIpc) is 2.80. The first kappa shape index (κ1) is 14.5. The fourth-order valence-electron chi connectivity index (χ4n) is 2.05. The highest BCUT2D eigenvalue weighted by Gasteiger charge is 2.14. The lowest BCUT2D eigenvalue weighted by Crippen LogP contribution is -2.07. The second kappa shape index (κ2) is 6.52. The van der Waals surface area contributed by atoms with Gasteiger partial charge in [0.05, 0.1) is 18.4 Å². The molecular weight excluding hydrogens is 272 g/mol. The minimum Gasteiger partial charge on any atom is -0.497 e. The van der Waals surface area contributed by atoms with E-state index in [2.05, 4.69) is 15.8 Å². The van der Waals surface area contributed by atoms with Crippen molar-refractivity contribution in [3.8, 4) is 5.75 Å². The molecule has 4 nitrogen and oxygen atoms in total. The standard InChI is InChI=1S/C15H18N2O2S/c1-10-14(11(2)18)15(20-17-10)16-8-7-12-5-4-6-13(9-12)19-3/h4-6,9,16H,7-8H2,1-3H3. The zero-order valence-electron chi connectivity index (χ0n) is 11.9. The molecule has 0 aliphatic heterocycles. The SMILES string of the molecule is COc1cccc(CCNc2snc(C)c2C(C)=O)c1. The molecule has 0 radical (unpaired) electrons. The van der Waals surface area contributed by atoms with Gasteiger partial charge in [0, 0.05) is 6.54 Å². The van der Waals surface area contributed by atoms with Crippen molar-refractivity contribution in [2.45, 2.75) is 20.3 Å². The summed E-state index contributed by atoms with van der Waals surface area (Å²) in [7, 11) is 1.66. The first-order valence-corrected chi connectivity index (χ1v) is 7.23. The van der Waals surface area contributed by atoms with Crippen molar-refractivity contribution in [1.29, 1.82) is 0 Å². The number of carbonyl (C=O) groups excluding carboxylic acids is 1. The number of methoxy groups -OCH3 is 1. The summed E-state index contributed by atoms with van der Waals surface area (Å²) in [5, 5.41) is 4.15. The van der Waals surface area contributed by atoms with Gasteiger partial charge in [-0.05, 0) is 49.5 Å². The summed E-state index contributed by atoms with van der Waals surface area (Å²) in [5.41, 5.74) is 2.70. The number of rotatable bonds is 6. The van der Waals surface area contributed by atoms with E-state index in [4.69, 9.17) is 4.74 Å². The van der Waals surface area contributed by atoms with Crippen LogP contribution in [0.5, 0.6) is 5.75 Å². The van der Waals surface area contributed by atoms with Crippen LogP contribution in [-0.2, 0) is 6.42 Å². The summed E-state index contributed by atoms with van der Waals surface area (Å²) >= 11 is 1.34. The van der Waals surface area contributed by atoms with Gasteiger partial charge >= 0.3 is 0 Å². The molecule has 0 fully saturated rings. The van der Waals surface area contributed by atoms with Gasteiger partial charge in [-0.2, -0.15) is 4.37 Å². The van der Waals surface area contributed by atoms with E-state index in [-0.39, 0.29) is 5.78 Å². The number of aryl methyl sites for hydroxylation is 1. The molecule has 0 atom stereocenters. The van der Waals surface area contributed by atoms with Crippen LogP contribution in [0.2, 0.25) is 0 Å². The van der Waals surface area contributed by atoms with Gasteiger partial charge in [0.2, 0.25) is 0 Å². The van der Waals surface area contributed by atoms with Crippen LogP contribution in [0.3, 0.4) is 0 Å². The Kier molecular flexibility index (Phi) is 4.74. The first-order chi connectivity index (χ1) is 9.61. The van der Waals surface area contributed by atoms with Crippen molar-refractivity contribution < 1.29 is 9.53 Å². The monoisotopic (exact) mass is 290 g/mol. The van der Waals surface area contributed by atoms with Crippen LogP contribution < -0.4 is 10.1 Å². The van der Waals surface area contributed by atoms with Crippen LogP contribution >= 0.6 is 11.5 Å². The molecule has 2 aromatic rings. The van der Waals surface area contributed by atoms with E-state index in [1.807, 2.05) is 25.1 Å². The van der Waals surface area contributed by atoms with Gasteiger partial charge in [-0.3, -0.25) is 4.79 Å². The largest absolute Gasteiger partial charge is 0.497 e. The second-order valence-corrected chi connectivity index (χ2v) is 5.33. The summed E-state index contributed by atoms with van der Waals surface area (Å²) in [6, 6.07) is 7.99. The number of anilines is 1. The van der Waals surface area contributed by atoms with Gasteiger partial charge in [-0.1, -0.05) is 12.1 Å². The third kappa shape index (κ3) is 3.36. The highest BCUT2D eigenvalue weighted by molar-refractivity contribution is 7.10. The fraction of sp³-hybridized carbons (Fsp3) is 0.333. The van der Waals surface area contributed by atoms with E-state index in [9.17, 15) is 4.79 Å². The highest BCUT2D eigenvalue weighted by atomic mass is 32.1. The molecule has 0 spiro atoms. The molecule has 1 N–H and O–H groups in total. The van der Waals surface area contributed by atoms with Crippen LogP contribution in [-0.4, -0.2) is 23.8 Å². The maximum absolute atomic E-state index is 11.6. The number of carbonyl (C=O) groups is 1. The van der Waals surface area contributed by atoms with E-state index < -0.39 is 0 Å². The van der Waals surface area contributed by atoms with Crippen molar-refractivity contribution in [2.24, 2.45) is 0 Å². The number of ether oxygens (including phenoxy) is 1. The number of hydrogen-bond acceptors (Lipinski definition) is 5. The van der Waals surface area contributed by atoms with E-state index in [1.165, 1.54) is 17.1 Å². The molecule has 0 saturated heterocycles. The summed E-state index contributed by atoms with van der Waals surface area (Å²) in [6.07, 6.45) is 0.867. The Bertz CT molecular complexity index is 608. The molecule has 1 aromatic heterocycles. The molecule has 0 unspecified atom stereocenters. The smallest absolute Gasteiger partial charge is 0.164 e. The van der Waals surface area contributed by atoms with E-state index >= 15 is 0 Å². The number of Topliss-reactive ketones (excluding diaryl/α,β-unsaturated/α-hetero) is 1. The number of aromatic nitrogens is 1. The van der Waals surface area contributed by atoms with Crippen LogP contribution in [0.15, 0.2) is 24.3 Å². The van der Waals surface area contributed by atoms with Crippen LogP contribution in [0, 0.1) is 6.92 Å². The number of benzene rings is 1. The maximum Gasteiger partial charge on any atom is 0.164 e. The minimum absolute atomic E-state index is 0.0557. The summed E-state index contributed by atoms with van der Waals surface area (Å²) in [4.78, 5) is 11.6. The summed E-state index contributed by atoms with van der Waals surface area (Å²) in [5.74, 6) is 0.917. The number of hydrogen-bond donors (Lipinski definition) is 1. The zero-order chi connectivity index (χ0) is 14.5. The number of nitrogens with zero attached hydrogens (tertiary/aromatic N) is 1. The van der Waals surface area contributed by atoms with Crippen LogP contribution in [0.25, 0.3) is 0 Å². The lowest BCUT2D eigenvalue weighted by Gasteiger charge is -2.07. The highest BCUT2D eigenvalue weighted by Crippen LogP contribution is 2.24. The van der Waals surface area contributed by atoms with Crippen molar-refractivity contribution >= 4 is 22.3 Å². The predicted molar refractivity (Wildman–Crippen MR) is 82.0 cm³/mol. The lowest BCUT2D eigenvalue weighted by molar-refractivity contribution is 0.101. The maximum atomic E-state index is 11.6. The van der Waals surface area contributed by atoms with Gasteiger partial charge in [-0.15, -0.1) is 0 Å². The third-order valence-electron chi connectivity index (χ3n) is 3.05. The van der Waals surface area contributed by atoms with E-state index in [1.54, 1.807) is 14.0 Å². The predicted octanol–water partition coefficient (Wildman–Crippen LogP) is 3.32. The van der Waals surface area contributed by atoms with Gasteiger partial charge in [-0.25, -0.2) is 0 Å². The van der Waals surface area contributed by atoms with Crippen LogP contribution in [0.1, 0.15) is 28.5 Å². The van der Waals surface area contributed by atoms with E-state index in [0.717, 1.165) is 29.4 Å². The molecule has 0 aliphatic carbocycles. The Labute approximate surface area is 123 Å². The second-order valence-electron chi connectivity index (χ2n) is 4.56. The Hall–Kier alpha value is -1.88. The molecule has 0 saturated carbocycles. The third-order valence-corrected chi connectivity index (χ3v) is 3.94. The van der Waals surface area contributed by atoms with Crippen molar-refractivity contribution in [2.75, 3.05) is 19.0 Å². The Balaban J connectivity index is 1.97. The minimum atomic E-state index is 0.0557. The molecule has 106 valence electrons. The Morgan fingerprint density at radius 2 is 2.25 bits per heavy atom. The molecule has 1 heterocycles. The molecule has 0 bridgehead atoms. The van der Waals surface area contributed by atoms with Gasteiger partial charge in [0.25, 0.3) is 0 Å². The lowest BCUT2D eigenvalue weighted by atomic mass is 10.1. The number of ketones is 1. The van der Waals surface area contributed by atoms with Crippen LogP contribution in [0.4, 0.5) is 5.00 Å². The molecule has 2 rings (SSSR count). The molecule has 20 heavy (non-hydrogen) atoms. The van der Waals surface area contributed by atoms with Gasteiger partial charge in [0.15, 0.2) is 5.78 Å². The molecule has 0 amide bonds. The quantitative estimate of drug-likeness (QED) is 0.829. The van der Waals surface area contributed by atoms with E-state index in [0.29, 0.717) is 5.56 Å². The van der Waals surface area contributed by atoms with Crippen molar-refractivity contribution in [3.05, 3.63) is 41.1 Å². The van der Waals surface area contributed by atoms with Crippen molar-refractivity contribution in [3.63, 3.8) is 0 Å². The Morgan fingerprint density at radius 1 is 1.45 bits per heavy atom. The average molecular weight is 290 g/mol. The molecule has 1 aromatic carbocycles. The molecular formula is C15H18N2O2S. The normalized spacial score (nSPS) is 10.3. The number of nitrogens with one attached hydrogen (secondary N) is 1.